The summed E-state index contributed by atoms with van der Waals surface area (Å²) in [4.78, 5) is 28.1. The molecule has 2 rings (SSSR count). The molecule has 1 aromatic rings. The molecule has 20 heavy (non-hydrogen) atoms. The third-order valence-electron chi connectivity index (χ3n) is 3.71. The maximum atomic E-state index is 12.7. The number of hydrogen-bond donors (Lipinski definition) is 1. The van der Waals surface area contributed by atoms with Gasteiger partial charge in [-0.3, -0.25) is 9.59 Å². The molecule has 6 heteroatoms. The number of rotatable bonds is 1. The number of hydrogen-bond acceptors (Lipinski definition) is 3. The largest absolute Gasteiger partial charge is 0.398 e. The first kappa shape index (κ1) is 14.7. The van der Waals surface area contributed by atoms with Gasteiger partial charge in [0, 0.05) is 20.1 Å². The Balaban J connectivity index is 2.38. The van der Waals surface area contributed by atoms with E-state index in [1.165, 1.54) is 0 Å². The Labute approximate surface area is 123 Å². The summed E-state index contributed by atoms with van der Waals surface area (Å²) < 4.78 is 0. The minimum Gasteiger partial charge on any atom is -0.398 e. The van der Waals surface area contributed by atoms with E-state index in [1.807, 2.05) is 0 Å². The topological polar surface area (TPSA) is 66.6 Å². The molecule has 0 aromatic heterocycles. The van der Waals surface area contributed by atoms with E-state index in [0.29, 0.717) is 24.3 Å². The van der Waals surface area contributed by atoms with Gasteiger partial charge in [-0.15, -0.1) is 0 Å². The van der Waals surface area contributed by atoms with Crippen LogP contribution in [0.15, 0.2) is 18.2 Å². The van der Waals surface area contributed by atoms with Crippen molar-refractivity contribution in [2.75, 3.05) is 25.9 Å². The monoisotopic (exact) mass is 295 g/mol. The Bertz CT molecular complexity index is 572. The number of halogens is 1. The zero-order chi connectivity index (χ0) is 15.1. The lowest BCUT2D eigenvalue weighted by Crippen LogP contribution is -2.63. The molecule has 1 fully saturated rings. The zero-order valence-electron chi connectivity index (χ0n) is 11.8. The fraction of sp³-hybridized carbons (Fsp3) is 0.429. The Kier molecular flexibility index (Phi) is 3.65. The van der Waals surface area contributed by atoms with Gasteiger partial charge < -0.3 is 15.5 Å². The molecule has 5 nitrogen and oxygen atoms in total. The van der Waals surface area contributed by atoms with Crippen LogP contribution in [0.25, 0.3) is 0 Å². The summed E-state index contributed by atoms with van der Waals surface area (Å²) in [7, 11) is 1.74. The minimum atomic E-state index is -0.891. The first-order valence-electron chi connectivity index (χ1n) is 6.38. The van der Waals surface area contributed by atoms with Crippen molar-refractivity contribution in [3.63, 3.8) is 0 Å². The average Bonchev–Trinajstić information content (AvgIpc) is 2.39. The smallest absolute Gasteiger partial charge is 0.256 e. The summed E-state index contributed by atoms with van der Waals surface area (Å²) in [5.74, 6) is -0.356. The molecule has 2 N–H and O–H groups in total. The van der Waals surface area contributed by atoms with E-state index in [2.05, 4.69) is 0 Å². The highest BCUT2D eigenvalue weighted by molar-refractivity contribution is 6.36. The van der Waals surface area contributed by atoms with Gasteiger partial charge in [0.05, 0.1) is 16.3 Å². The Morgan fingerprint density at radius 2 is 2.00 bits per heavy atom. The first-order chi connectivity index (χ1) is 9.26. The van der Waals surface area contributed by atoms with Crippen molar-refractivity contribution in [3.05, 3.63) is 28.8 Å². The summed E-state index contributed by atoms with van der Waals surface area (Å²) in [6.45, 7) is 4.46. The quantitative estimate of drug-likeness (QED) is 0.801. The SMILES string of the molecule is CN1CCN(C(=O)c2cccc(N)c2Cl)C(C)(C)C1=O. The second-order valence-electron chi connectivity index (χ2n) is 5.45. The van der Waals surface area contributed by atoms with Crippen LogP contribution >= 0.6 is 11.6 Å². The maximum absolute atomic E-state index is 12.7. The lowest BCUT2D eigenvalue weighted by Gasteiger charge is -2.44. The fourth-order valence-electron chi connectivity index (χ4n) is 2.43. The molecule has 1 aliphatic rings. The second kappa shape index (κ2) is 4.98. The summed E-state index contributed by atoms with van der Waals surface area (Å²) in [6, 6.07) is 4.94. The van der Waals surface area contributed by atoms with Crippen LogP contribution in [0.4, 0.5) is 5.69 Å². The number of carbonyl (C=O) groups is 2. The number of nitrogens with two attached hydrogens (primary N) is 1. The molecule has 0 bridgehead atoms. The third kappa shape index (κ3) is 2.22. The molecule has 0 unspecified atom stereocenters. The molecule has 1 heterocycles. The summed E-state index contributed by atoms with van der Waals surface area (Å²) >= 11 is 6.10. The molecular formula is C14H18ClN3O2. The van der Waals surface area contributed by atoms with Crippen molar-refractivity contribution in [2.24, 2.45) is 0 Å². The van der Waals surface area contributed by atoms with Crippen molar-refractivity contribution in [2.45, 2.75) is 19.4 Å². The number of piperazine rings is 1. The van der Waals surface area contributed by atoms with E-state index in [9.17, 15) is 9.59 Å². The summed E-state index contributed by atoms with van der Waals surface area (Å²) in [5.41, 5.74) is 5.52. The number of anilines is 1. The van der Waals surface area contributed by atoms with Crippen molar-refractivity contribution in [1.29, 1.82) is 0 Å². The second-order valence-corrected chi connectivity index (χ2v) is 5.83. The molecule has 0 radical (unpaired) electrons. The number of benzene rings is 1. The molecule has 1 saturated heterocycles. The lowest BCUT2D eigenvalue weighted by molar-refractivity contribution is -0.144. The van der Waals surface area contributed by atoms with Crippen molar-refractivity contribution in [3.8, 4) is 0 Å². The highest BCUT2D eigenvalue weighted by atomic mass is 35.5. The van der Waals surface area contributed by atoms with Gasteiger partial charge in [0.25, 0.3) is 5.91 Å². The normalized spacial score (nSPS) is 18.3. The van der Waals surface area contributed by atoms with Crippen LogP contribution in [0.3, 0.4) is 0 Å². The van der Waals surface area contributed by atoms with Crippen LogP contribution in [0, 0.1) is 0 Å². The Hall–Kier alpha value is -1.75. The standard InChI is InChI=1S/C14H18ClN3O2/c1-14(2)13(20)17(3)7-8-18(14)12(19)9-5-4-6-10(16)11(9)15/h4-6H,7-8,16H2,1-3H3. The van der Waals surface area contributed by atoms with Crippen LogP contribution in [0.1, 0.15) is 24.2 Å². The lowest BCUT2D eigenvalue weighted by atomic mass is 9.96. The van der Waals surface area contributed by atoms with Gasteiger partial charge in [-0.1, -0.05) is 17.7 Å². The third-order valence-corrected chi connectivity index (χ3v) is 4.13. The van der Waals surface area contributed by atoms with Gasteiger partial charge >= 0.3 is 0 Å². The van der Waals surface area contributed by atoms with E-state index in [0.717, 1.165) is 0 Å². The molecule has 1 aromatic carbocycles. The maximum Gasteiger partial charge on any atom is 0.256 e. The molecule has 0 atom stereocenters. The van der Waals surface area contributed by atoms with Gasteiger partial charge in [-0.05, 0) is 26.0 Å². The minimum absolute atomic E-state index is 0.0860. The van der Waals surface area contributed by atoms with E-state index in [-0.39, 0.29) is 16.8 Å². The van der Waals surface area contributed by atoms with E-state index in [1.54, 1.807) is 48.9 Å². The number of amides is 2. The fourth-order valence-corrected chi connectivity index (χ4v) is 2.64. The Morgan fingerprint density at radius 3 is 2.65 bits per heavy atom. The average molecular weight is 296 g/mol. The molecule has 1 aliphatic heterocycles. The van der Waals surface area contributed by atoms with E-state index < -0.39 is 5.54 Å². The van der Waals surface area contributed by atoms with Crippen molar-refractivity contribution < 1.29 is 9.59 Å². The number of carbonyl (C=O) groups excluding carboxylic acids is 2. The van der Waals surface area contributed by atoms with E-state index in [4.69, 9.17) is 17.3 Å². The van der Waals surface area contributed by atoms with Gasteiger partial charge in [-0.25, -0.2) is 0 Å². The molecule has 0 saturated carbocycles. The van der Waals surface area contributed by atoms with Crippen LogP contribution in [-0.4, -0.2) is 47.3 Å². The van der Waals surface area contributed by atoms with Gasteiger partial charge in [0.2, 0.25) is 5.91 Å². The van der Waals surface area contributed by atoms with Crippen molar-refractivity contribution in [1.82, 2.24) is 9.80 Å². The number of nitrogen functional groups attached to an aromatic ring is 1. The van der Waals surface area contributed by atoms with Crippen molar-refractivity contribution >= 4 is 29.1 Å². The summed E-state index contributed by atoms with van der Waals surface area (Å²) in [5, 5.41) is 0.236. The molecule has 0 aliphatic carbocycles. The van der Waals surface area contributed by atoms with Gasteiger partial charge in [0.1, 0.15) is 5.54 Å². The first-order valence-corrected chi connectivity index (χ1v) is 6.76. The summed E-state index contributed by atoms with van der Waals surface area (Å²) in [6.07, 6.45) is 0. The molecule has 108 valence electrons. The zero-order valence-corrected chi connectivity index (χ0v) is 12.6. The highest BCUT2D eigenvalue weighted by Gasteiger charge is 2.43. The van der Waals surface area contributed by atoms with Gasteiger partial charge in [0.15, 0.2) is 0 Å². The van der Waals surface area contributed by atoms with Crippen LogP contribution in [0.5, 0.6) is 0 Å². The highest BCUT2D eigenvalue weighted by Crippen LogP contribution is 2.29. The predicted octanol–water partition coefficient (Wildman–Crippen LogP) is 1.61. The van der Waals surface area contributed by atoms with Crippen LogP contribution in [0.2, 0.25) is 5.02 Å². The number of nitrogens with zero attached hydrogens (tertiary/aromatic N) is 2. The molecule has 2 amide bonds. The van der Waals surface area contributed by atoms with Crippen LogP contribution < -0.4 is 5.73 Å². The van der Waals surface area contributed by atoms with Crippen LogP contribution in [-0.2, 0) is 4.79 Å². The predicted molar refractivity (Wildman–Crippen MR) is 78.6 cm³/mol. The molecular weight excluding hydrogens is 278 g/mol. The van der Waals surface area contributed by atoms with E-state index >= 15 is 0 Å². The van der Waals surface area contributed by atoms with Gasteiger partial charge in [-0.2, -0.15) is 0 Å². The Morgan fingerprint density at radius 1 is 1.35 bits per heavy atom. The molecule has 0 spiro atoms. The number of likely N-dealkylation sites (N-methyl/N-ethyl adjacent to an activating group) is 1.